The van der Waals surface area contributed by atoms with Gasteiger partial charge in [0.2, 0.25) is 0 Å². The first kappa shape index (κ1) is 30.6. The van der Waals surface area contributed by atoms with E-state index in [1.807, 2.05) is 0 Å². The van der Waals surface area contributed by atoms with Crippen molar-refractivity contribution in [1.82, 2.24) is 0 Å². The van der Waals surface area contributed by atoms with Crippen LogP contribution in [0.2, 0.25) is 0 Å². The Balaban J connectivity index is 0. The molecule has 0 aliphatic rings. The number of hydrogen-bond donors (Lipinski definition) is 0. The molecule has 0 saturated heterocycles. The SMILES string of the molecule is CCCCCCCC[P+](CCCCCC)(CCCCCC)CCCCCC.[OH-]. The molecule has 1 N–H and O–H groups in total. The van der Waals surface area contributed by atoms with Gasteiger partial charge in [-0.05, 0) is 51.4 Å². The molecular formula is C26H57OP. The fourth-order valence-electron chi connectivity index (χ4n) is 4.52. The minimum absolute atomic E-state index is 0. The lowest BCUT2D eigenvalue weighted by molar-refractivity contribution is 0.623. The topological polar surface area (TPSA) is 30.0 Å². The highest BCUT2D eigenvalue weighted by Gasteiger charge is 2.34. The summed E-state index contributed by atoms with van der Waals surface area (Å²) in [5, 5.41) is 0. The predicted octanol–water partition coefficient (Wildman–Crippen LogP) is 9.93. The number of rotatable bonds is 22. The lowest BCUT2D eigenvalue weighted by Crippen LogP contribution is -2.13. The van der Waals surface area contributed by atoms with E-state index in [-0.39, 0.29) is 5.48 Å². The molecule has 0 atom stereocenters. The predicted molar refractivity (Wildman–Crippen MR) is 134 cm³/mol. The molecule has 0 aliphatic heterocycles. The fraction of sp³-hybridized carbons (Fsp3) is 1.00. The lowest BCUT2D eigenvalue weighted by atomic mass is 10.1. The van der Waals surface area contributed by atoms with Crippen LogP contribution in [-0.2, 0) is 0 Å². The van der Waals surface area contributed by atoms with Gasteiger partial charge in [0.05, 0.1) is 24.6 Å². The maximum absolute atomic E-state index is 2.36. The standard InChI is InChI=1S/C26H56P.H2O/c1-5-9-13-17-18-22-26-27(23-19-14-10-6-2,24-20-15-11-7-3)25-21-16-12-8-4;/h5-26H2,1-4H3;1H2/q+1;/p-1. The first-order valence-electron chi connectivity index (χ1n) is 13.1. The van der Waals surface area contributed by atoms with Gasteiger partial charge in [0.15, 0.2) is 0 Å². The molecule has 0 radical (unpaired) electrons. The Hall–Kier alpha value is 0.390. The van der Waals surface area contributed by atoms with E-state index in [2.05, 4.69) is 27.7 Å². The summed E-state index contributed by atoms with van der Waals surface area (Å²) in [4.78, 5) is 0. The van der Waals surface area contributed by atoms with Gasteiger partial charge in [-0.15, -0.1) is 0 Å². The molecular weight excluding hydrogens is 359 g/mol. The molecule has 0 amide bonds. The summed E-state index contributed by atoms with van der Waals surface area (Å²) in [6.07, 6.45) is 33.1. The van der Waals surface area contributed by atoms with Crippen molar-refractivity contribution < 1.29 is 5.48 Å². The summed E-state index contributed by atoms with van der Waals surface area (Å²) >= 11 is 0. The molecule has 28 heavy (non-hydrogen) atoms. The Labute approximate surface area is 180 Å². The molecule has 0 aromatic heterocycles. The van der Waals surface area contributed by atoms with Crippen LogP contribution in [-0.4, -0.2) is 30.1 Å². The average molecular weight is 417 g/mol. The van der Waals surface area contributed by atoms with Crippen LogP contribution in [0, 0.1) is 0 Å². The Kier molecular flexibility index (Phi) is 25.8. The highest BCUT2D eigenvalue weighted by molar-refractivity contribution is 7.75. The van der Waals surface area contributed by atoms with E-state index in [1.54, 1.807) is 50.3 Å². The van der Waals surface area contributed by atoms with Gasteiger partial charge in [0.25, 0.3) is 0 Å². The summed E-state index contributed by atoms with van der Waals surface area (Å²) < 4.78 is 0. The molecule has 0 aromatic carbocycles. The molecule has 0 rings (SSSR count). The molecule has 2 heteroatoms. The van der Waals surface area contributed by atoms with E-state index in [0.29, 0.717) is 0 Å². The minimum Gasteiger partial charge on any atom is -0.870 e. The first-order valence-corrected chi connectivity index (χ1v) is 15.6. The quantitative estimate of drug-likeness (QED) is 0.127. The maximum Gasteiger partial charge on any atom is 0.0594 e. The average Bonchev–Trinajstić information content (AvgIpc) is 2.68. The third-order valence-electron chi connectivity index (χ3n) is 6.44. The van der Waals surface area contributed by atoms with Crippen LogP contribution in [0.3, 0.4) is 0 Å². The van der Waals surface area contributed by atoms with Gasteiger partial charge in [0.1, 0.15) is 0 Å². The molecule has 0 bridgehead atoms. The zero-order valence-electron chi connectivity index (χ0n) is 20.5. The van der Waals surface area contributed by atoms with E-state index < -0.39 is 7.26 Å². The molecule has 0 aromatic rings. The summed E-state index contributed by atoms with van der Waals surface area (Å²) in [7, 11) is -0.672. The highest BCUT2D eigenvalue weighted by atomic mass is 31.2. The van der Waals surface area contributed by atoms with Crippen molar-refractivity contribution in [3.05, 3.63) is 0 Å². The largest absolute Gasteiger partial charge is 0.870 e. The van der Waals surface area contributed by atoms with Crippen molar-refractivity contribution in [1.29, 1.82) is 0 Å². The Morgan fingerprint density at radius 3 is 0.821 bits per heavy atom. The monoisotopic (exact) mass is 416 g/mol. The lowest BCUT2D eigenvalue weighted by Gasteiger charge is -2.28. The van der Waals surface area contributed by atoms with Crippen LogP contribution < -0.4 is 0 Å². The van der Waals surface area contributed by atoms with Crippen molar-refractivity contribution >= 4 is 7.26 Å². The zero-order valence-corrected chi connectivity index (χ0v) is 21.3. The van der Waals surface area contributed by atoms with Gasteiger partial charge in [0, 0.05) is 7.26 Å². The molecule has 0 aliphatic carbocycles. The van der Waals surface area contributed by atoms with Crippen LogP contribution in [0.15, 0.2) is 0 Å². The molecule has 0 unspecified atom stereocenters. The molecule has 0 spiro atoms. The molecule has 1 nitrogen and oxygen atoms in total. The second-order valence-corrected chi connectivity index (χ2v) is 13.7. The van der Waals surface area contributed by atoms with E-state index in [0.717, 1.165) is 0 Å². The van der Waals surface area contributed by atoms with E-state index in [1.165, 1.54) is 89.9 Å². The maximum atomic E-state index is 2.36. The number of hydrogen-bond acceptors (Lipinski definition) is 1. The third-order valence-corrected chi connectivity index (χ3v) is 11.5. The van der Waals surface area contributed by atoms with Gasteiger partial charge in [-0.3, -0.25) is 0 Å². The van der Waals surface area contributed by atoms with Gasteiger partial charge in [-0.1, -0.05) is 91.9 Å². The summed E-state index contributed by atoms with van der Waals surface area (Å²) in [5.74, 6) is 0. The van der Waals surface area contributed by atoms with E-state index in [4.69, 9.17) is 0 Å². The van der Waals surface area contributed by atoms with E-state index >= 15 is 0 Å². The Morgan fingerprint density at radius 1 is 0.321 bits per heavy atom. The van der Waals surface area contributed by atoms with Crippen molar-refractivity contribution in [2.75, 3.05) is 24.6 Å². The molecule has 0 saturated carbocycles. The van der Waals surface area contributed by atoms with Crippen molar-refractivity contribution in [3.8, 4) is 0 Å². The van der Waals surface area contributed by atoms with Crippen LogP contribution in [0.25, 0.3) is 0 Å². The van der Waals surface area contributed by atoms with Crippen LogP contribution in [0.5, 0.6) is 0 Å². The van der Waals surface area contributed by atoms with Crippen molar-refractivity contribution in [2.45, 2.75) is 143 Å². The first-order chi connectivity index (χ1) is 13.2. The zero-order chi connectivity index (χ0) is 20.1. The second kappa shape index (κ2) is 23.7. The van der Waals surface area contributed by atoms with Crippen LogP contribution in [0.4, 0.5) is 0 Å². The smallest absolute Gasteiger partial charge is 0.0594 e. The Bertz CT molecular complexity index is 248. The van der Waals surface area contributed by atoms with Gasteiger partial charge in [-0.25, -0.2) is 0 Å². The fourth-order valence-corrected chi connectivity index (χ4v) is 9.44. The normalized spacial score (nSPS) is 11.6. The van der Waals surface area contributed by atoms with Crippen molar-refractivity contribution in [2.24, 2.45) is 0 Å². The summed E-state index contributed by atoms with van der Waals surface area (Å²) in [6, 6.07) is 0. The van der Waals surface area contributed by atoms with Gasteiger partial charge < -0.3 is 5.48 Å². The minimum atomic E-state index is -0.672. The summed E-state index contributed by atoms with van der Waals surface area (Å²) in [6.45, 7) is 9.40. The molecule has 0 heterocycles. The Morgan fingerprint density at radius 2 is 0.536 bits per heavy atom. The van der Waals surface area contributed by atoms with E-state index in [9.17, 15) is 0 Å². The number of unbranched alkanes of at least 4 members (excludes halogenated alkanes) is 14. The molecule has 0 fully saturated rings. The van der Waals surface area contributed by atoms with Gasteiger partial charge in [-0.2, -0.15) is 0 Å². The van der Waals surface area contributed by atoms with Crippen molar-refractivity contribution in [3.63, 3.8) is 0 Å². The highest BCUT2D eigenvalue weighted by Crippen LogP contribution is 2.61. The molecule has 172 valence electrons. The van der Waals surface area contributed by atoms with Crippen LogP contribution >= 0.6 is 7.26 Å². The summed E-state index contributed by atoms with van der Waals surface area (Å²) in [5.41, 5.74) is 0. The van der Waals surface area contributed by atoms with Gasteiger partial charge >= 0.3 is 0 Å². The third kappa shape index (κ3) is 18.4. The van der Waals surface area contributed by atoms with Crippen LogP contribution in [0.1, 0.15) is 143 Å². The second-order valence-electron chi connectivity index (χ2n) is 9.19.